The molecule has 0 aromatic carbocycles. The predicted molar refractivity (Wildman–Crippen MR) is 42.9 cm³/mol. The maximum absolute atomic E-state index is 10.6. The lowest BCUT2D eigenvalue weighted by molar-refractivity contribution is 0.0689. The van der Waals surface area contributed by atoms with Gasteiger partial charge >= 0.3 is 5.97 Å². The molecule has 2 N–H and O–H groups in total. The molecule has 0 aliphatic carbocycles. The van der Waals surface area contributed by atoms with Crippen LogP contribution in [0.5, 0.6) is 0 Å². The maximum Gasteiger partial charge on any atom is 0.356 e. The number of nitrogens with zero attached hydrogens (tertiary/aromatic N) is 2. The molecule has 1 rings (SSSR count). The molecule has 0 fully saturated rings. The molecule has 0 saturated heterocycles. The Hall–Kier alpha value is -1.36. The van der Waals surface area contributed by atoms with Crippen LogP contribution in [0.2, 0.25) is 0 Å². The average molecular weight is 169 g/mol. The molecular weight excluding hydrogens is 158 g/mol. The molecule has 0 aliphatic heterocycles. The fraction of sp³-hybridized carbons (Fsp3) is 0.429. The third kappa shape index (κ3) is 1.82. The van der Waals surface area contributed by atoms with Gasteiger partial charge in [-0.05, 0) is 14.1 Å². The summed E-state index contributed by atoms with van der Waals surface area (Å²) in [5.74, 6) is -0.992. The summed E-state index contributed by atoms with van der Waals surface area (Å²) >= 11 is 0. The normalized spacial score (nSPS) is 10.6. The van der Waals surface area contributed by atoms with Gasteiger partial charge in [-0.15, -0.1) is 0 Å². The average Bonchev–Trinajstić information content (AvgIpc) is 2.33. The van der Waals surface area contributed by atoms with Crippen LogP contribution in [0.1, 0.15) is 16.2 Å². The van der Waals surface area contributed by atoms with Crippen molar-refractivity contribution in [3.63, 3.8) is 0 Å². The number of H-pyrrole nitrogens is 1. The third-order valence-electron chi connectivity index (χ3n) is 1.40. The van der Waals surface area contributed by atoms with Crippen molar-refractivity contribution in [1.82, 2.24) is 14.9 Å². The molecule has 0 bridgehead atoms. The van der Waals surface area contributed by atoms with Gasteiger partial charge in [-0.25, -0.2) is 9.78 Å². The smallest absolute Gasteiger partial charge is 0.356 e. The summed E-state index contributed by atoms with van der Waals surface area (Å²) in [6.45, 7) is 0.557. The molecule has 1 aromatic rings. The van der Waals surface area contributed by atoms with E-state index in [0.29, 0.717) is 12.2 Å². The summed E-state index contributed by atoms with van der Waals surface area (Å²) < 4.78 is 0. The predicted octanol–water partition coefficient (Wildman–Crippen LogP) is 0.169. The second kappa shape index (κ2) is 3.36. The topological polar surface area (TPSA) is 69.2 Å². The quantitative estimate of drug-likeness (QED) is 0.676. The van der Waals surface area contributed by atoms with Gasteiger partial charge in [0.1, 0.15) is 0 Å². The monoisotopic (exact) mass is 169 g/mol. The van der Waals surface area contributed by atoms with E-state index >= 15 is 0 Å². The van der Waals surface area contributed by atoms with Gasteiger partial charge in [0.05, 0.1) is 12.0 Å². The Morgan fingerprint density at radius 3 is 2.92 bits per heavy atom. The molecule has 66 valence electrons. The number of hydrogen-bond acceptors (Lipinski definition) is 3. The van der Waals surface area contributed by atoms with Crippen molar-refractivity contribution < 1.29 is 9.90 Å². The highest BCUT2D eigenvalue weighted by atomic mass is 16.4. The number of aromatic amines is 1. The fourth-order valence-electron chi connectivity index (χ4n) is 0.942. The summed E-state index contributed by atoms with van der Waals surface area (Å²) in [6.07, 6.45) is 1.39. The Kier molecular flexibility index (Phi) is 2.44. The lowest BCUT2D eigenvalue weighted by Crippen LogP contribution is -2.14. The van der Waals surface area contributed by atoms with Gasteiger partial charge in [0, 0.05) is 6.54 Å². The largest absolute Gasteiger partial charge is 0.476 e. The van der Waals surface area contributed by atoms with Gasteiger partial charge < -0.3 is 15.0 Å². The van der Waals surface area contributed by atoms with E-state index in [1.165, 1.54) is 6.33 Å². The van der Waals surface area contributed by atoms with E-state index in [-0.39, 0.29) is 5.69 Å². The van der Waals surface area contributed by atoms with Gasteiger partial charge in [-0.1, -0.05) is 0 Å². The van der Waals surface area contributed by atoms with Crippen LogP contribution in [-0.4, -0.2) is 40.0 Å². The Morgan fingerprint density at radius 1 is 1.75 bits per heavy atom. The first-order valence-electron chi connectivity index (χ1n) is 3.51. The summed E-state index contributed by atoms with van der Waals surface area (Å²) in [7, 11) is 3.74. The maximum atomic E-state index is 10.6. The molecule has 1 aromatic heterocycles. The van der Waals surface area contributed by atoms with E-state index in [0.717, 1.165) is 0 Å². The summed E-state index contributed by atoms with van der Waals surface area (Å²) in [4.78, 5) is 18.9. The van der Waals surface area contributed by atoms with E-state index in [2.05, 4.69) is 9.97 Å². The molecule has 5 nitrogen and oxygen atoms in total. The highest BCUT2D eigenvalue weighted by molar-refractivity contribution is 5.86. The molecule has 5 heteroatoms. The molecule has 0 aliphatic rings. The van der Waals surface area contributed by atoms with Crippen LogP contribution in [0, 0.1) is 0 Å². The lowest BCUT2D eigenvalue weighted by atomic mass is 10.3. The summed E-state index contributed by atoms with van der Waals surface area (Å²) in [5, 5.41) is 8.67. The van der Waals surface area contributed by atoms with Gasteiger partial charge in [0.25, 0.3) is 0 Å². The highest BCUT2D eigenvalue weighted by Gasteiger charge is 2.12. The SMILES string of the molecule is CN(C)Cc1[nH]cnc1C(=O)O. The Bertz CT molecular complexity index is 280. The van der Waals surface area contributed by atoms with E-state index < -0.39 is 5.97 Å². The zero-order valence-electron chi connectivity index (χ0n) is 7.03. The molecule has 0 spiro atoms. The van der Waals surface area contributed by atoms with E-state index in [9.17, 15) is 4.79 Å². The second-order valence-corrected chi connectivity index (χ2v) is 2.77. The van der Waals surface area contributed by atoms with Crippen molar-refractivity contribution in [3.05, 3.63) is 17.7 Å². The number of carboxylic acid groups (broad SMARTS) is 1. The van der Waals surface area contributed by atoms with Crippen LogP contribution < -0.4 is 0 Å². The second-order valence-electron chi connectivity index (χ2n) is 2.77. The molecule has 0 saturated carbocycles. The van der Waals surface area contributed by atoms with Gasteiger partial charge in [0.2, 0.25) is 0 Å². The van der Waals surface area contributed by atoms with Crippen LogP contribution in [0.3, 0.4) is 0 Å². The fourth-order valence-corrected chi connectivity index (χ4v) is 0.942. The van der Waals surface area contributed by atoms with Crippen LogP contribution in [-0.2, 0) is 6.54 Å². The number of imidazole rings is 1. The van der Waals surface area contributed by atoms with Crippen molar-refractivity contribution in [1.29, 1.82) is 0 Å². The minimum absolute atomic E-state index is 0.101. The third-order valence-corrected chi connectivity index (χ3v) is 1.40. The minimum Gasteiger partial charge on any atom is -0.476 e. The molecule has 1 heterocycles. The standard InChI is InChI=1S/C7H11N3O2/c1-10(2)3-5-6(7(11)12)9-4-8-5/h4H,3H2,1-2H3,(H,8,9)(H,11,12). The van der Waals surface area contributed by atoms with Gasteiger partial charge in [-0.2, -0.15) is 0 Å². The molecule has 0 radical (unpaired) electrons. The number of aromatic nitrogens is 2. The van der Waals surface area contributed by atoms with Crippen molar-refractivity contribution in [2.24, 2.45) is 0 Å². The number of carbonyl (C=O) groups is 1. The van der Waals surface area contributed by atoms with Crippen molar-refractivity contribution >= 4 is 5.97 Å². The zero-order chi connectivity index (χ0) is 9.14. The zero-order valence-corrected chi connectivity index (χ0v) is 7.03. The Balaban J connectivity index is 2.84. The molecule has 12 heavy (non-hydrogen) atoms. The molecule has 0 amide bonds. The number of rotatable bonds is 3. The van der Waals surface area contributed by atoms with Crippen molar-refractivity contribution in [3.8, 4) is 0 Å². The van der Waals surface area contributed by atoms with Crippen molar-refractivity contribution in [2.75, 3.05) is 14.1 Å². The Labute approximate surface area is 70.0 Å². The molecule has 0 atom stereocenters. The van der Waals surface area contributed by atoms with Crippen LogP contribution >= 0.6 is 0 Å². The lowest BCUT2D eigenvalue weighted by Gasteiger charge is -2.07. The van der Waals surface area contributed by atoms with Crippen LogP contribution in [0.4, 0.5) is 0 Å². The van der Waals surface area contributed by atoms with Gasteiger partial charge in [-0.3, -0.25) is 0 Å². The summed E-state index contributed by atoms with van der Waals surface area (Å²) in [6, 6.07) is 0. The van der Waals surface area contributed by atoms with E-state index in [4.69, 9.17) is 5.11 Å². The van der Waals surface area contributed by atoms with Crippen LogP contribution in [0.15, 0.2) is 6.33 Å². The van der Waals surface area contributed by atoms with Crippen molar-refractivity contribution in [2.45, 2.75) is 6.54 Å². The number of nitrogens with one attached hydrogen (secondary N) is 1. The van der Waals surface area contributed by atoms with Gasteiger partial charge in [0.15, 0.2) is 5.69 Å². The van der Waals surface area contributed by atoms with E-state index in [1.807, 2.05) is 19.0 Å². The van der Waals surface area contributed by atoms with E-state index in [1.54, 1.807) is 0 Å². The first kappa shape index (κ1) is 8.73. The summed E-state index contributed by atoms with van der Waals surface area (Å²) in [5.41, 5.74) is 0.733. The first-order valence-corrected chi connectivity index (χ1v) is 3.51. The molecule has 0 unspecified atom stereocenters. The number of hydrogen-bond donors (Lipinski definition) is 2. The van der Waals surface area contributed by atoms with Crippen LogP contribution in [0.25, 0.3) is 0 Å². The Morgan fingerprint density at radius 2 is 2.42 bits per heavy atom. The first-order chi connectivity index (χ1) is 5.61. The number of aromatic carboxylic acids is 1. The molecular formula is C7H11N3O2. The highest BCUT2D eigenvalue weighted by Crippen LogP contribution is 2.04. The number of carboxylic acids is 1. The minimum atomic E-state index is -0.992.